The van der Waals surface area contributed by atoms with E-state index in [1.165, 1.54) is 17.4 Å². The molecule has 1 saturated carbocycles. The third-order valence-electron chi connectivity index (χ3n) is 5.87. The molecule has 1 aliphatic carbocycles. The lowest BCUT2D eigenvalue weighted by molar-refractivity contribution is -0.138. The molecule has 154 valence electrons. The van der Waals surface area contributed by atoms with Crippen LogP contribution in [0.1, 0.15) is 32.1 Å². The Bertz CT molecular complexity index is 1060. The average Bonchev–Trinajstić information content (AvgIpc) is 2.74. The van der Waals surface area contributed by atoms with E-state index in [-0.39, 0.29) is 35.8 Å². The summed E-state index contributed by atoms with van der Waals surface area (Å²) in [5.41, 5.74) is -1.54. The highest BCUT2D eigenvalue weighted by atomic mass is 19.1. The van der Waals surface area contributed by atoms with Gasteiger partial charge in [0, 0.05) is 32.1 Å². The number of aromatic nitrogens is 2. The molecule has 1 N–H and O–H groups in total. The van der Waals surface area contributed by atoms with Gasteiger partial charge in [-0.25, -0.2) is 14.0 Å². The lowest BCUT2D eigenvalue weighted by Crippen LogP contribution is -2.55. The molecular weight excluding hydrogens is 379 g/mol. The second-order valence-corrected chi connectivity index (χ2v) is 7.69. The largest absolute Gasteiger partial charge is 0.339 e. The number of halogens is 1. The van der Waals surface area contributed by atoms with Crippen molar-refractivity contribution in [2.75, 3.05) is 26.2 Å². The van der Waals surface area contributed by atoms with Crippen LogP contribution in [0.5, 0.6) is 0 Å². The van der Waals surface area contributed by atoms with E-state index in [0.717, 1.165) is 37.8 Å². The number of carbonyl (C=O) groups is 2. The summed E-state index contributed by atoms with van der Waals surface area (Å²) in [6, 6.07) is 2.66. The quantitative estimate of drug-likeness (QED) is 0.782. The summed E-state index contributed by atoms with van der Waals surface area (Å²) in [5, 5.41) is -0.0657. The number of hydrogen-bond donors (Lipinski definition) is 1. The molecule has 1 aromatic carbocycles. The number of aromatic amines is 1. The Kier molecular flexibility index (Phi) is 5.21. The number of amides is 2. The van der Waals surface area contributed by atoms with Gasteiger partial charge >= 0.3 is 11.7 Å². The Morgan fingerprint density at radius 2 is 1.62 bits per heavy atom. The lowest BCUT2D eigenvalue weighted by atomic mass is 9.88. The maximum Gasteiger partial charge on any atom is 0.337 e. The van der Waals surface area contributed by atoms with Crippen molar-refractivity contribution in [2.24, 2.45) is 5.92 Å². The van der Waals surface area contributed by atoms with E-state index in [2.05, 4.69) is 4.98 Å². The third-order valence-corrected chi connectivity index (χ3v) is 5.87. The first-order valence-corrected chi connectivity index (χ1v) is 9.98. The average molecular weight is 402 g/mol. The second kappa shape index (κ2) is 7.81. The topological polar surface area (TPSA) is 95.5 Å². The smallest absolute Gasteiger partial charge is 0.337 e. The minimum absolute atomic E-state index is 0.0619. The summed E-state index contributed by atoms with van der Waals surface area (Å²) in [6.07, 6.45) is 5.14. The van der Waals surface area contributed by atoms with Gasteiger partial charge in [-0.1, -0.05) is 19.3 Å². The van der Waals surface area contributed by atoms with Gasteiger partial charge in [0.05, 0.1) is 10.9 Å². The van der Waals surface area contributed by atoms with Gasteiger partial charge < -0.3 is 14.8 Å². The van der Waals surface area contributed by atoms with Crippen LogP contribution in [0.3, 0.4) is 0 Å². The zero-order valence-electron chi connectivity index (χ0n) is 16.0. The fourth-order valence-corrected chi connectivity index (χ4v) is 4.23. The SMILES string of the molecule is O=C(C1CCCCC1)N1CCN(C(=O)n2c(=O)[nH]c3ccc(F)cc3c2=O)CC1. The van der Waals surface area contributed by atoms with E-state index < -0.39 is 23.1 Å². The highest BCUT2D eigenvalue weighted by Gasteiger charge is 2.31. The number of carbonyl (C=O) groups excluding carboxylic acids is 2. The Labute approximate surface area is 165 Å². The molecule has 2 amide bonds. The van der Waals surface area contributed by atoms with Crippen LogP contribution in [-0.4, -0.2) is 57.5 Å². The Hall–Kier alpha value is -2.97. The molecule has 0 spiro atoms. The molecule has 2 heterocycles. The van der Waals surface area contributed by atoms with Crippen molar-refractivity contribution in [3.05, 3.63) is 44.9 Å². The number of piperazine rings is 1. The molecule has 0 atom stereocenters. The number of benzene rings is 1. The Morgan fingerprint density at radius 3 is 2.31 bits per heavy atom. The van der Waals surface area contributed by atoms with E-state index in [1.54, 1.807) is 4.90 Å². The molecule has 2 aliphatic rings. The number of hydrogen-bond acceptors (Lipinski definition) is 4. The Morgan fingerprint density at radius 1 is 0.966 bits per heavy atom. The molecule has 1 saturated heterocycles. The monoisotopic (exact) mass is 402 g/mol. The first kappa shape index (κ1) is 19.4. The molecule has 0 radical (unpaired) electrons. The summed E-state index contributed by atoms with van der Waals surface area (Å²) < 4.78 is 14.0. The molecule has 4 rings (SSSR count). The summed E-state index contributed by atoms with van der Waals surface area (Å²) in [6.45, 7) is 1.22. The van der Waals surface area contributed by atoms with Crippen LogP contribution in [0, 0.1) is 11.7 Å². The highest BCUT2D eigenvalue weighted by molar-refractivity contribution is 5.83. The van der Waals surface area contributed by atoms with Gasteiger partial charge in [0.1, 0.15) is 5.82 Å². The van der Waals surface area contributed by atoms with E-state index in [1.807, 2.05) is 0 Å². The molecule has 2 fully saturated rings. The molecule has 1 aliphatic heterocycles. The minimum atomic E-state index is -0.861. The molecule has 9 heteroatoms. The normalized spacial score (nSPS) is 18.2. The first-order valence-electron chi connectivity index (χ1n) is 9.98. The zero-order chi connectivity index (χ0) is 20.5. The van der Waals surface area contributed by atoms with Crippen LogP contribution >= 0.6 is 0 Å². The molecule has 29 heavy (non-hydrogen) atoms. The fraction of sp³-hybridized carbons (Fsp3) is 0.500. The van der Waals surface area contributed by atoms with Gasteiger partial charge in [-0.2, -0.15) is 4.57 Å². The van der Waals surface area contributed by atoms with Crippen molar-refractivity contribution in [3.63, 3.8) is 0 Å². The van der Waals surface area contributed by atoms with Gasteiger partial charge in [0.15, 0.2) is 0 Å². The van der Waals surface area contributed by atoms with Crippen LogP contribution in [-0.2, 0) is 4.79 Å². The van der Waals surface area contributed by atoms with Crippen LogP contribution < -0.4 is 11.2 Å². The van der Waals surface area contributed by atoms with E-state index in [9.17, 15) is 23.6 Å². The van der Waals surface area contributed by atoms with Crippen LogP contribution in [0.2, 0.25) is 0 Å². The summed E-state index contributed by atoms with van der Waals surface area (Å²) in [7, 11) is 0. The zero-order valence-corrected chi connectivity index (χ0v) is 16.0. The van der Waals surface area contributed by atoms with Crippen molar-refractivity contribution >= 4 is 22.8 Å². The van der Waals surface area contributed by atoms with Crippen molar-refractivity contribution < 1.29 is 14.0 Å². The van der Waals surface area contributed by atoms with Crippen molar-refractivity contribution in [2.45, 2.75) is 32.1 Å². The number of rotatable bonds is 1. The molecule has 8 nitrogen and oxygen atoms in total. The van der Waals surface area contributed by atoms with E-state index >= 15 is 0 Å². The highest BCUT2D eigenvalue weighted by Crippen LogP contribution is 2.25. The van der Waals surface area contributed by atoms with Crippen LogP contribution in [0.25, 0.3) is 10.9 Å². The fourth-order valence-electron chi connectivity index (χ4n) is 4.23. The van der Waals surface area contributed by atoms with Crippen molar-refractivity contribution in [3.8, 4) is 0 Å². The predicted octanol–water partition coefficient (Wildman–Crippen LogP) is 1.52. The van der Waals surface area contributed by atoms with Crippen molar-refractivity contribution in [1.29, 1.82) is 0 Å². The number of fused-ring (bicyclic) bond motifs is 1. The maximum absolute atomic E-state index is 13.5. The lowest BCUT2D eigenvalue weighted by Gasteiger charge is -2.37. The first-order chi connectivity index (χ1) is 14.0. The number of nitrogens with one attached hydrogen (secondary N) is 1. The summed E-state index contributed by atoms with van der Waals surface area (Å²) >= 11 is 0. The van der Waals surface area contributed by atoms with Crippen LogP contribution in [0.15, 0.2) is 27.8 Å². The van der Waals surface area contributed by atoms with Gasteiger partial charge in [0.2, 0.25) is 5.91 Å². The van der Waals surface area contributed by atoms with Gasteiger partial charge in [-0.15, -0.1) is 0 Å². The van der Waals surface area contributed by atoms with Gasteiger partial charge in [-0.05, 0) is 31.0 Å². The van der Waals surface area contributed by atoms with Crippen LogP contribution in [0.4, 0.5) is 9.18 Å². The number of H-pyrrole nitrogens is 1. The Balaban J connectivity index is 1.51. The summed E-state index contributed by atoms with van der Waals surface area (Å²) in [5.74, 6) is -0.435. The molecule has 2 aromatic rings. The molecule has 1 aromatic heterocycles. The van der Waals surface area contributed by atoms with Gasteiger partial charge in [-0.3, -0.25) is 9.59 Å². The van der Waals surface area contributed by atoms with E-state index in [4.69, 9.17) is 0 Å². The predicted molar refractivity (Wildman–Crippen MR) is 104 cm³/mol. The van der Waals surface area contributed by atoms with E-state index in [0.29, 0.717) is 17.7 Å². The molecule has 0 unspecified atom stereocenters. The maximum atomic E-state index is 13.5. The third kappa shape index (κ3) is 3.68. The summed E-state index contributed by atoms with van der Waals surface area (Å²) in [4.78, 5) is 56.0. The second-order valence-electron chi connectivity index (χ2n) is 7.69. The van der Waals surface area contributed by atoms with Crippen molar-refractivity contribution in [1.82, 2.24) is 19.4 Å². The molecular formula is C20H23FN4O4. The standard InChI is InChI=1S/C20H23FN4O4/c21-14-6-7-16-15(12-14)18(27)25(19(28)22-16)20(29)24-10-8-23(9-11-24)17(26)13-4-2-1-3-5-13/h6-7,12-13H,1-5,8-11H2,(H,22,28). The number of nitrogens with zero attached hydrogens (tertiary/aromatic N) is 3. The molecule has 0 bridgehead atoms. The minimum Gasteiger partial charge on any atom is -0.339 e. The van der Waals surface area contributed by atoms with Gasteiger partial charge in [0.25, 0.3) is 5.56 Å².